The van der Waals surface area contributed by atoms with Gasteiger partial charge in [-0.3, -0.25) is 0 Å². The van der Waals surface area contributed by atoms with E-state index >= 15 is 0 Å². The average Bonchev–Trinajstić information content (AvgIpc) is 2.95. The van der Waals surface area contributed by atoms with Crippen LogP contribution >= 0.6 is 0 Å². The molecule has 100 valence electrons. The van der Waals surface area contributed by atoms with Crippen LogP contribution in [-0.4, -0.2) is 10.9 Å². The van der Waals surface area contributed by atoms with E-state index in [0.717, 1.165) is 22.3 Å². The Morgan fingerprint density at radius 1 is 0.857 bits per heavy atom. The molecule has 1 aliphatic carbocycles. The second-order valence-electron chi connectivity index (χ2n) is 4.64. The van der Waals surface area contributed by atoms with Gasteiger partial charge in [0.25, 0.3) is 0 Å². The van der Waals surface area contributed by atoms with Gasteiger partial charge in [-0.1, -0.05) is 65.8 Å². The number of nitriles is 1. The summed E-state index contributed by atoms with van der Waals surface area (Å²) >= 11 is 0. The van der Waals surface area contributed by atoms with Crippen molar-refractivity contribution in [2.75, 3.05) is 0 Å². The second-order valence-corrected chi connectivity index (χ2v) is 4.64. The van der Waals surface area contributed by atoms with E-state index in [0.29, 0.717) is 11.3 Å². The summed E-state index contributed by atoms with van der Waals surface area (Å²) in [5.74, 6) is 0. The molecule has 0 saturated carbocycles. The number of hydrogen-bond donors (Lipinski definition) is 1. The lowest BCUT2D eigenvalue weighted by Crippen LogP contribution is -2.01. The van der Waals surface area contributed by atoms with Gasteiger partial charge in [0.1, 0.15) is 11.8 Å². The number of hydrogen-bond acceptors (Lipinski definition) is 3. The first-order valence-corrected chi connectivity index (χ1v) is 6.55. The Balaban J connectivity index is 2.17. The van der Waals surface area contributed by atoms with Crippen LogP contribution in [0.5, 0.6) is 0 Å². The molecule has 0 radical (unpaired) electrons. The van der Waals surface area contributed by atoms with Gasteiger partial charge in [-0.05, 0) is 17.2 Å². The van der Waals surface area contributed by atoms with Crippen molar-refractivity contribution in [3.63, 3.8) is 0 Å². The fourth-order valence-corrected chi connectivity index (χ4v) is 2.45. The highest BCUT2D eigenvalue weighted by Crippen LogP contribution is 2.35. The van der Waals surface area contributed by atoms with Crippen LogP contribution in [0.2, 0.25) is 0 Å². The van der Waals surface area contributed by atoms with Gasteiger partial charge in [-0.2, -0.15) is 5.26 Å². The summed E-state index contributed by atoms with van der Waals surface area (Å²) in [5.41, 5.74) is 4.11. The molecule has 3 rings (SSSR count). The fraction of sp³-hybridized carbons (Fsp3) is 0. The van der Waals surface area contributed by atoms with Gasteiger partial charge in [-0.15, -0.1) is 0 Å². The Hall–Kier alpha value is -3.12. The molecular weight excluding hydrogens is 260 g/mol. The normalized spacial score (nSPS) is 16.0. The van der Waals surface area contributed by atoms with Gasteiger partial charge >= 0.3 is 0 Å². The lowest BCUT2D eigenvalue weighted by atomic mass is 10.0. The molecule has 0 bridgehead atoms. The van der Waals surface area contributed by atoms with Crippen molar-refractivity contribution >= 4 is 16.9 Å². The van der Waals surface area contributed by atoms with Gasteiger partial charge in [0.05, 0.1) is 5.57 Å². The van der Waals surface area contributed by atoms with Crippen LogP contribution in [0.3, 0.4) is 0 Å². The standard InChI is InChI=1S/C18H12N2O/c19-12-17-15(13-7-3-1-4-8-13)11-16(18(17)20-21)14-9-5-2-6-10-14/h1-11,21H/b20-18-. The smallest absolute Gasteiger partial charge is 0.128 e. The summed E-state index contributed by atoms with van der Waals surface area (Å²) in [7, 11) is 0. The topological polar surface area (TPSA) is 56.4 Å². The average molecular weight is 272 g/mol. The fourth-order valence-electron chi connectivity index (χ4n) is 2.45. The van der Waals surface area contributed by atoms with E-state index in [1.165, 1.54) is 0 Å². The van der Waals surface area contributed by atoms with Crippen LogP contribution in [0.4, 0.5) is 0 Å². The molecule has 0 fully saturated rings. The van der Waals surface area contributed by atoms with E-state index in [4.69, 9.17) is 0 Å². The zero-order valence-electron chi connectivity index (χ0n) is 11.2. The minimum atomic E-state index is 0.322. The Kier molecular flexibility index (Phi) is 3.36. The maximum Gasteiger partial charge on any atom is 0.128 e. The summed E-state index contributed by atoms with van der Waals surface area (Å²) in [6.45, 7) is 0. The molecule has 0 amide bonds. The van der Waals surface area contributed by atoms with E-state index < -0.39 is 0 Å². The van der Waals surface area contributed by atoms with Gasteiger partial charge < -0.3 is 5.21 Å². The molecular formula is C18H12N2O. The first kappa shape index (κ1) is 12.9. The molecule has 0 saturated heterocycles. The van der Waals surface area contributed by atoms with Crippen LogP contribution < -0.4 is 0 Å². The van der Waals surface area contributed by atoms with E-state index in [9.17, 15) is 10.5 Å². The first-order chi connectivity index (χ1) is 10.3. The summed E-state index contributed by atoms with van der Waals surface area (Å²) in [5, 5.41) is 22.1. The molecule has 2 aromatic carbocycles. The molecule has 0 spiro atoms. The van der Waals surface area contributed by atoms with Crippen LogP contribution in [0, 0.1) is 11.3 Å². The zero-order valence-corrected chi connectivity index (χ0v) is 11.2. The molecule has 0 unspecified atom stereocenters. The molecule has 0 heterocycles. The highest BCUT2D eigenvalue weighted by atomic mass is 16.4. The Morgan fingerprint density at radius 3 is 1.95 bits per heavy atom. The van der Waals surface area contributed by atoms with Gasteiger partial charge in [-0.25, -0.2) is 0 Å². The maximum atomic E-state index is 9.43. The van der Waals surface area contributed by atoms with Crippen LogP contribution in [-0.2, 0) is 0 Å². The molecule has 0 aliphatic heterocycles. The predicted octanol–water partition coefficient (Wildman–Crippen LogP) is 3.89. The minimum absolute atomic E-state index is 0.322. The number of oxime groups is 1. The third-order valence-corrected chi connectivity index (χ3v) is 3.43. The highest BCUT2D eigenvalue weighted by Gasteiger charge is 2.26. The lowest BCUT2D eigenvalue weighted by molar-refractivity contribution is 0.320. The molecule has 1 aliphatic rings. The Labute approximate surface area is 122 Å². The van der Waals surface area contributed by atoms with Crippen LogP contribution in [0.25, 0.3) is 11.1 Å². The Bertz CT molecular complexity index is 794. The summed E-state index contributed by atoms with van der Waals surface area (Å²) in [6.07, 6.45) is 1.90. The van der Waals surface area contributed by atoms with Gasteiger partial charge in [0.2, 0.25) is 0 Å². The number of allylic oxidation sites excluding steroid dienone is 4. The molecule has 2 aromatic rings. The molecule has 0 atom stereocenters. The summed E-state index contributed by atoms with van der Waals surface area (Å²) in [4.78, 5) is 0. The van der Waals surface area contributed by atoms with Crippen molar-refractivity contribution in [1.82, 2.24) is 0 Å². The van der Waals surface area contributed by atoms with Crippen molar-refractivity contribution < 1.29 is 5.21 Å². The van der Waals surface area contributed by atoms with E-state index in [2.05, 4.69) is 11.2 Å². The largest absolute Gasteiger partial charge is 0.410 e. The second kappa shape index (κ2) is 5.48. The molecule has 0 aromatic heterocycles. The minimum Gasteiger partial charge on any atom is -0.410 e. The summed E-state index contributed by atoms with van der Waals surface area (Å²) in [6, 6.07) is 21.4. The molecule has 3 heteroatoms. The number of benzene rings is 2. The van der Waals surface area contributed by atoms with Crippen LogP contribution in [0.1, 0.15) is 11.1 Å². The molecule has 3 nitrogen and oxygen atoms in total. The highest BCUT2D eigenvalue weighted by molar-refractivity contribution is 6.40. The monoisotopic (exact) mass is 272 g/mol. The van der Waals surface area contributed by atoms with Crippen molar-refractivity contribution in [1.29, 1.82) is 5.26 Å². The van der Waals surface area contributed by atoms with E-state index in [1.807, 2.05) is 66.7 Å². The quantitative estimate of drug-likeness (QED) is 0.666. The third-order valence-electron chi connectivity index (χ3n) is 3.43. The van der Waals surface area contributed by atoms with Crippen molar-refractivity contribution in [2.24, 2.45) is 5.16 Å². The predicted molar refractivity (Wildman–Crippen MR) is 82.6 cm³/mol. The van der Waals surface area contributed by atoms with E-state index in [1.54, 1.807) is 0 Å². The lowest BCUT2D eigenvalue weighted by Gasteiger charge is -2.03. The van der Waals surface area contributed by atoms with Crippen molar-refractivity contribution in [3.8, 4) is 6.07 Å². The van der Waals surface area contributed by atoms with Crippen molar-refractivity contribution in [2.45, 2.75) is 0 Å². The van der Waals surface area contributed by atoms with Crippen molar-refractivity contribution in [3.05, 3.63) is 83.4 Å². The van der Waals surface area contributed by atoms with E-state index in [-0.39, 0.29) is 0 Å². The summed E-state index contributed by atoms with van der Waals surface area (Å²) < 4.78 is 0. The third kappa shape index (κ3) is 2.24. The first-order valence-electron chi connectivity index (χ1n) is 6.55. The number of rotatable bonds is 2. The Morgan fingerprint density at radius 2 is 1.43 bits per heavy atom. The van der Waals surface area contributed by atoms with Gasteiger partial charge in [0, 0.05) is 11.1 Å². The molecule has 1 N–H and O–H groups in total. The maximum absolute atomic E-state index is 9.43. The number of nitrogens with zero attached hydrogens (tertiary/aromatic N) is 2. The SMILES string of the molecule is N#CC1=C(c2ccccc2)C=C(c2ccccc2)/C1=N/O. The van der Waals surface area contributed by atoms with Gasteiger partial charge in [0.15, 0.2) is 0 Å². The zero-order chi connectivity index (χ0) is 14.7. The molecule has 21 heavy (non-hydrogen) atoms. The van der Waals surface area contributed by atoms with Crippen LogP contribution in [0.15, 0.2) is 77.5 Å².